The van der Waals surface area contributed by atoms with Gasteiger partial charge in [-0.25, -0.2) is 0 Å². The van der Waals surface area contributed by atoms with E-state index in [1.54, 1.807) is 0 Å². The van der Waals surface area contributed by atoms with Gasteiger partial charge in [0, 0.05) is 8.95 Å². The van der Waals surface area contributed by atoms with E-state index in [4.69, 9.17) is 0 Å². The van der Waals surface area contributed by atoms with E-state index in [0.717, 1.165) is 0 Å². The minimum Gasteiger partial charge on any atom is -0.0587 e. The highest BCUT2D eigenvalue weighted by Gasteiger charge is 2.21. The zero-order chi connectivity index (χ0) is 11.8. The van der Waals surface area contributed by atoms with Crippen molar-refractivity contribution < 1.29 is 0 Å². The summed E-state index contributed by atoms with van der Waals surface area (Å²) in [6, 6.07) is 4.46. The summed E-state index contributed by atoms with van der Waals surface area (Å²) in [5.74, 6) is 0.562. The molecule has 0 spiro atoms. The van der Waals surface area contributed by atoms with Gasteiger partial charge in [0.1, 0.15) is 0 Å². The van der Waals surface area contributed by atoms with Crippen LogP contribution in [0.4, 0.5) is 0 Å². The summed E-state index contributed by atoms with van der Waals surface area (Å²) in [5.41, 5.74) is 2.86. The Bertz CT molecular complexity index is 336. The number of hydrogen-bond acceptors (Lipinski definition) is 0. The second-order valence-corrected chi connectivity index (χ2v) is 6.97. The topological polar surface area (TPSA) is 0 Å². The van der Waals surface area contributed by atoms with E-state index >= 15 is 0 Å². The van der Waals surface area contributed by atoms with E-state index < -0.39 is 0 Å². The van der Waals surface area contributed by atoms with Crippen molar-refractivity contribution in [2.45, 2.75) is 46.0 Å². The van der Waals surface area contributed by atoms with Crippen LogP contribution in [0.1, 0.15) is 51.7 Å². The Morgan fingerprint density at radius 1 is 1.00 bits per heavy atom. The van der Waals surface area contributed by atoms with Crippen molar-refractivity contribution in [2.24, 2.45) is 0 Å². The molecule has 0 N–H and O–H groups in total. The van der Waals surface area contributed by atoms with Crippen LogP contribution < -0.4 is 0 Å². The summed E-state index contributed by atoms with van der Waals surface area (Å²) in [6.45, 7) is 11.1. The molecule has 0 saturated carbocycles. The summed E-state index contributed by atoms with van der Waals surface area (Å²) in [6.07, 6.45) is 0. The maximum Gasteiger partial charge on any atom is 0.0226 e. The fourth-order valence-corrected chi connectivity index (χ4v) is 4.05. The average Bonchev–Trinajstić information content (AvgIpc) is 1.99. The minimum absolute atomic E-state index is 0.160. The Labute approximate surface area is 110 Å². The van der Waals surface area contributed by atoms with Gasteiger partial charge in [-0.05, 0) is 34.6 Å². The Kier molecular flexibility index (Phi) is 4.05. The quantitative estimate of drug-likeness (QED) is 0.624. The third-order valence-corrected chi connectivity index (χ3v) is 3.73. The fourth-order valence-electron chi connectivity index (χ4n) is 1.64. The van der Waals surface area contributed by atoms with Gasteiger partial charge < -0.3 is 0 Å². The molecule has 0 radical (unpaired) electrons. The predicted octanol–water partition coefficient (Wildman–Crippen LogP) is 5.63. The molecule has 0 saturated heterocycles. The molecular formula is C13H18Br2. The molecular weight excluding hydrogens is 316 g/mol. The second-order valence-electron chi connectivity index (χ2n) is 5.26. The van der Waals surface area contributed by atoms with Gasteiger partial charge in [0.15, 0.2) is 0 Å². The molecule has 0 amide bonds. The molecule has 0 unspecified atom stereocenters. The van der Waals surface area contributed by atoms with Crippen molar-refractivity contribution in [3.8, 4) is 0 Å². The molecule has 84 valence electrons. The molecule has 15 heavy (non-hydrogen) atoms. The van der Waals surface area contributed by atoms with E-state index in [-0.39, 0.29) is 5.41 Å². The number of benzene rings is 1. The molecule has 1 rings (SSSR count). The van der Waals surface area contributed by atoms with E-state index in [9.17, 15) is 0 Å². The zero-order valence-electron chi connectivity index (χ0n) is 9.99. The first-order chi connectivity index (χ1) is 6.73. The molecule has 0 fully saturated rings. The van der Waals surface area contributed by atoms with Crippen LogP contribution in [0.3, 0.4) is 0 Å². The number of rotatable bonds is 1. The van der Waals surface area contributed by atoms with Gasteiger partial charge in [-0.3, -0.25) is 0 Å². The Hall–Kier alpha value is 0.180. The molecule has 0 bridgehead atoms. The first kappa shape index (κ1) is 13.2. The molecule has 0 heterocycles. The fraction of sp³-hybridized carbons (Fsp3) is 0.538. The highest BCUT2D eigenvalue weighted by Crippen LogP contribution is 2.38. The second kappa shape index (κ2) is 4.58. The van der Waals surface area contributed by atoms with Gasteiger partial charge in [0.25, 0.3) is 0 Å². The largest absolute Gasteiger partial charge is 0.0587 e. The van der Waals surface area contributed by atoms with Crippen LogP contribution in [0.15, 0.2) is 21.1 Å². The first-order valence-electron chi connectivity index (χ1n) is 5.23. The van der Waals surface area contributed by atoms with E-state index in [1.165, 1.54) is 20.1 Å². The van der Waals surface area contributed by atoms with E-state index in [2.05, 4.69) is 78.6 Å². The van der Waals surface area contributed by atoms with Crippen LogP contribution in [-0.2, 0) is 5.41 Å². The summed E-state index contributed by atoms with van der Waals surface area (Å²) in [5, 5.41) is 0. The van der Waals surface area contributed by atoms with E-state index in [1.807, 2.05) is 0 Å². The molecule has 2 heteroatoms. The van der Waals surface area contributed by atoms with Crippen LogP contribution in [-0.4, -0.2) is 0 Å². The van der Waals surface area contributed by atoms with Crippen molar-refractivity contribution in [2.75, 3.05) is 0 Å². The van der Waals surface area contributed by atoms with Gasteiger partial charge in [-0.1, -0.05) is 66.5 Å². The van der Waals surface area contributed by atoms with Crippen molar-refractivity contribution in [1.82, 2.24) is 0 Å². The molecule has 0 aliphatic heterocycles. The lowest BCUT2D eigenvalue weighted by Crippen LogP contribution is -2.13. The number of halogens is 2. The van der Waals surface area contributed by atoms with Crippen molar-refractivity contribution in [3.63, 3.8) is 0 Å². The zero-order valence-corrected chi connectivity index (χ0v) is 13.2. The van der Waals surface area contributed by atoms with E-state index in [0.29, 0.717) is 5.92 Å². The van der Waals surface area contributed by atoms with Gasteiger partial charge >= 0.3 is 0 Å². The number of hydrogen-bond donors (Lipinski definition) is 0. The molecule has 0 aliphatic rings. The SMILES string of the molecule is CC(C)c1cc(Br)c(C(C)(C)C)c(Br)c1. The van der Waals surface area contributed by atoms with Gasteiger partial charge in [-0.2, -0.15) is 0 Å². The van der Waals surface area contributed by atoms with Crippen molar-refractivity contribution in [3.05, 3.63) is 32.2 Å². The van der Waals surface area contributed by atoms with Crippen LogP contribution in [0.25, 0.3) is 0 Å². The molecule has 0 aromatic heterocycles. The molecule has 1 aromatic carbocycles. The summed E-state index contributed by atoms with van der Waals surface area (Å²) in [7, 11) is 0. The predicted molar refractivity (Wildman–Crippen MR) is 74.6 cm³/mol. The monoisotopic (exact) mass is 332 g/mol. The van der Waals surface area contributed by atoms with Gasteiger partial charge in [0.05, 0.1) is 0 Å². The third-order valence-electron chi connectivity index (χ3n) is 2.48. The molecule has 0 atom stereocenters. The van der Waals surface area contributed by atoms with Crippen molar-refractivity contribution >= 4 is 31.9 Å². The smallest absolute Gasteiger partial charge is 0.0226 e. The summed E-state index contributed by atoms with van der Waals surface area (Å²) >= 11 is 7.34. The molecule has 0 nitrogen and oxygen atoms in total. The van der Waals surface area contributed by atoms with Crippen molar-refractivity contribution in [1.29, 1.82) is 0 Å². The van der Waals surface area contributed by atoms with Crippen LogP contribution in [0.2, 0.25) is 0 Å². The van der Waals surface area contributed by atoms with Crippen LogP contribution in [0, 0.1) is 0 Å². The Balaban J connectivity index is 3.34. The molecule has 0 aliphatic carbocycles. The highest BCUT2D eigenvalue weighted by atomic mass is 79.9. The average molecular weight is 334 g/mol. The van der Waals surface area contributed by atoms with Gasteiger partial charge in [0.2, 0.25) is 0 Å². The lowest BCUT2D eigenvalue weighted by atomic mass is 9.86. The lowest BCUT2D eigenvalue weighted by Gasteiger charge is -2.24. The maximum absolute atomic E-state index is 3.67. The standard InChI is InChI=1S/C13H18Br2/c1-8(2)9-6-10(14)12(11(15)7-9)13(3,4)5/h6-8H,1-5H3. The highest BCUT2D eigenvalue weighted by molar-refractivity contribution is 9.11. The Morgan fingerprint density at radius 2 is 1.40 bits per heavy atom. The first-order valence-corrected chi connectivity index (χ1v) is 6.81. The molecule has 1 aromatic rings. The van der Waals surface area contributed by atoms with Crippen LogP contribution >= 0.6 is 31.9 Å². The Morgan fingerprint density at radius 3 is 1.67 bits per heavy atom. The normalized spacial score (nSPS) is 12.3. The lowest BCUT2D eigenvalue weighted by molar-refractivity contribution is 0.583. The third kappa shape index (κ3) is 3.07. The van der Waals surface area contributed by atoms with Crippen LogP contribution in [0.5, 0.6) is 0 Å². The summed E-state index contributed by atoms with van der Waals surface area (Å²) in [4.78, 5) is 0. The maximum atomic E-state index is 3.67. The minimum atomic E-state index is 0.160. The summed E-state index contributed by atoms with van der Waals surface area (Å²) < 4.78 is 2.40. The van der Waals surface area contributed by atoms with Gasteiger partial charge in [-0.15, -0.1) is 0 Å².